The van der Waals surface area contributed by atoms with E-state index in [0.29, 0.717) is 30.1 Å². The molecule has 1 saturated heterocycles. The van der Waals surface area contributed by atoms with E-state index in [-0.39, 0.29) is 5.97 Å². The highest BCUT2D eigenvalue weighted by Crippen LogP contribution is 2.21. The number of hydrogen-bond donors (Lipinski definition) is 1. The number of hydrogen-bond acceptors (Lipinski definition) is 5. The molecule has 0 aliphatic carbocycles. The smallest absolute Gasteiger partial charge is 0.341 e. The number of ether oxygens (including phenoxy) is 1. The zero-order chi connectivity index (χ0) is 14.5. The molecule has 20 heavy (non-hydrogen) atoms. The highest BCUT2D eigenvalue weighted by atomic mass is 16.5. The Hall–Kier alpha value is -1.62. The molecular formula is C15H23N3O2. The van der Waals surface area contributed by atoms with Gasteiger partial charge in [-0.25, -0.2) is 9.78 Å². The van der Waals surface area contributed by atoms with E-state index in [4.69, 9.17) is 4.74 Å². The molecule has 1 fully saturated rings. The molecule has 110 valence electrons. The number of carbonyl (C=O) groups excluding carboxylic acids is 1. The molecule has 0 radical (unpaired) electrons. The van der Waals surface area contributed by atoms with Gasteiger partial charge in [0.1, 0.15) is 11.4 Å². The summed E-state index contributed by atoms with van der Waals surface area (Å²) in [5.74, 6) is 0.316. The Balaban J connectivity index is 2.07. The molecule has 1 aliphatic rings. The molecule has 0 bridgehead atoms. The Bertz CT molecular complexity index is 464. The van der Waals surface area contributed by atoms with Crippen LogP contribution in [0.4, 0.5) is 5.82 Å². The van der Waals surface area contributed by atoms with Gasteiger partial charge in [-0.2, -0.15) is 0 Å². The van der Waals surface area contributed by atoms with Crippen LogP contribution in [-0.4, -0.2) is 48.1 Å². The highest BCUT2D eigenvalue weighted by Gasteiger charge is 2.24. The van der Waals surface area contributed by atoms with Crippen LogP contribution in [0.5, 0.6) is 0 Å². The number of nitrogens with one attached hydrogen (secondary N) is 1. The molecule has 0 saturated carbocycles. The van der Waals surface area contributed by atoms with Crippen molar-refractivity contribution in [1.29, 1.82) is 0 Å². The van der Waals surface area contributed by atoms with E-state index in [2.05, 4.69) is 29.2 Å². The number of likely N-dealkylation sites (tertiary alicyclic amines) is 1. The zero-order valence-corrected chi connectivity index (χ0v) is 12.4. The summed E-state index contributed by atoms with van der Waals surface area (Å²) in [5.41, 5.74) is 0.515. The van der Waals surface area contributed by atoms with Crippen molar-refractivity contribution in [3.63, 3.8) is 0 Å². The Labute approximate surface area is 120 Å². The molecule has 2 rings (SSSR count). The van der Waals surface area contributed by atoms with Crippen LogP contribution in [0.3, 0.4) is 0 Å². The molecule has 0 amide bonds. The lowest BCUT2D eigenvalue weighted by molar-refractivity contribution is 0.0527. The zero-order valence-electron chi connectivity index (χ0n) is 12.4. The summed E-state index contributed by atoms with van der Waals surface area (Å²) >= 11 is 0. The molecule has 5 heteroatoms. The van der Waals surface area contributed by atoms with E-state index in [1.165, 1.54) is 0 Å². The van der Waals surface area contributed by atoms with Gasteiger partial charge in [0.15, 0.2) is 0 Å². The summed E-state index contributed by atoms with van der Waals surface area (Å²) in [5, 5.41) is 3.40. The van der Waals surface area contributed by atoms with Gasteiger partial charge in [0, 0.05) is 24.8 Å². The summed E-state index contributed by atoms with van der Waals surface area (Å²) in [4.78, 5) is 18.6. The molecule has 2 unspecified atom stereocenters. The van der Waals surface area contributed by atoms with Crippen LogP contribution >= 0.6 is 0 Å². The summed E-state index contributed by atoms with van der Waals surface area (Å²) < 4.78 is 5.07. The SMILES string of the molecule is CCOC(=O)c1cccnc1NC1CCN(C)C(C)C1. The van der Waals surface area contributed by atoms with Gasteiger partial charge in [0.2, 0.25) is 0 Å². The molecule has 1 aromatic rings. The number of carbonyl (C=O) groups is 1. The second kappa shape index (κ2) is 6.70. The Kier molecular flexibility index (Phi) is 4.95. The third-order valence-electron chi connectivity index (χ3n) is 3.85. The van der Waals surface area contributed by atoms with Crippen molar-refractivity contribution < 1.29 is 9.53 Å². The minimum absolute atomic E-state index is 0.316. The van der Waals surface area contributed by atoms with Crippen molar-refractivity contribution in [2.24, 2.45) is 0 Å². The van der Waals surface area contributed by atoms with E-state index in [0.717, 1.165) is 19.4 Å². The van der Waals surface area contributed by atoms with Crippen molar-refractivity contribution in [3.05, 3.63) is 23.9 Å². The molecule has 1 aromatic heterocycles. The first-order chi connectivity index (χ1) is 9.61. The summed E-state index contributed by atoms with van der Waals surface area (Å²) in [6.07, 6.45) is 3.80. The van der Waals surface area contributed by atoms with E-state index in [9.17, 15) is 4.79 Å². The number of piperidine rings is 1. The normalized spacial score (nSPS) is 23.4. The van der Waals surface area contributed by atoms with Crippen molar-refractivity contribution in [3.8, 4) is 0 Å². The number of esters is 1. The number of pyridine rings is 1. The number of aromatic nitrogens is 1. The van der Waals surface area contributed by atoms with E-state index in [1.807, 2.05) is 0 Å². The molecule has 0 spiro atoms. The van der Waals surface area contributed by atoms with Crippen molar-refractivity contribution in [2.75, 3.05) is 25.5 Å². The average Bonchev–Trinajstić information content (AvgIpc) is 2.44. The van der Waals surface area contributed by atoms with Crippen LogP contribution in [0.15, 0.2) is 18.3 Å². The molecule has 5 nitrogen and oxygen atoms in total. The molecule has 1 N–H and O–H groups in total. The van der Waals surface area contributed by atoms with E-state index in [1.54, 1.807) is 25.3 Å². The lowest BCUT2D eigenvalue weighted by Gasteiger charge is -2.35. The topological polar surface area (TPSA) is 54.5 Å². The number of nitrogens with zero attached hydrogens (tertiary/aromatic N) is 2. The molecule has 2 heterocycles. The van der Waals surface area contributed by atoms with Crippen molar-refractivity contribution in [1.82, 2.24) is 9.88 Å². The largest absolute Gasteiger partial charge is 0.462 e. The second-order valence-electron chi connectivity index (χ2n) is 5.32. The first kappa shape index (κ1) is 14.8. The van der Waals surface area contributed by atoms with Gasteiger partial charge in [-0.1, -0.05) is 0 Å². The molecule has 1 aliphatic heterocycles. The van der Waals surface area contributed by atoms with Crippen LogP contribution in [0.25, 0.3) is 0 Å². The lowest BCUT2D eigenvalue weighted by atomic mass is 9.99. The second-order valence-corrected chi connectivity index (χ2v) is 5.32. The molecule has 2 atom stereocenters. The minimum atomic E-state index is -0.316. The molecular weight excluding hydrogens is 254 g/mol. The third kappa shape index (κ3) is 3.48. The monoisotopic (exact) mass is 277 g/mol. The predicted octanol–water partition coefficient (Wildman–Crippen LogP) is 2.15. The van der Waals surface area contributed by atoms with Gasteiger partial charge in [-0.3, -0.25) is 0 Å². The standard InChI is InChI=1S/C15H23N3O2/c1-4-20-15(19)13-6-5-8-16-14(13)17-12-7-9-18(3)11(2)10-12/h5-6,8,11-12H,4,7,9-10H2,1-3H3,(H,16,17). The van der Waals surface area contributed by atoms with Gasteiger partial charge in [0.05, 0.1) is 6.61 Å². The fourth-order valence-corrected chi connectivity index (χ4v) is 2.51. The average molecular weight is 277 g/mol. The Morgan fingerprint density at radius 3 is 3.10 bits per heavy atom. The van der Waals surface area contributed by atoms with Crippen LogP contribution in [0.2, 0.25) is 0 Å². The van der Waals surface area contributed by atoms with Gasteiger partial charge in [-0.15, -0.1) is 0 Å². The summed E-state index contributed by atoms with van der Waals surface area (Å²) in [7, 11) is 2.14. The van der Waals surface area contributed by atoms with Gasteiger partial charge >= 0.3 is 5.97 Å². The number of rotatable bonds is 4. The molecule has 0 aromatic carbocycles. The summed E-state index contributed by atoms with van der Waals surface area (Å²) in [6.45, 7) is 5.46. The fourth-order valence-electron chi connectivity index (χ4n) is 2.51. The van der Waals surface area contributed by atoms with Gasteiger partial charge in [0.25, 0.3) is 0 Å². The maximum absolute atomic E-state index is 11.9. The van der Waals surface area contributed by atoms with Crippen LogP contribution in [0.1, 0.15) is 37.0 Å². The quantitative estimate of drug-likeness (QED) is 0.855. The van der Waals surface area contributed by atoms with E-state index >= 15 is 0 Å². The Morgan fingerprint density at radius 1 is 1.60 bits per heavy atom. The van der Waals surface area contributed by atoms with Gasteiger partial charge < -0.3 is 15.0 Å². The fraction of sp³-hybridized carbons (Fsp3) is 0.600. The van der Waals surface area contributed by atoms with Crippen LogP contribution in [-0.2, 0) is 4.74 Å². The van der Waals surface area contributed by atoms with Gasteiger partial charge in [-0.05, 0) is 45.9 Å². The van der Waals surface area contributed by atoms with E-state index < -0.39 is 0 Å². The maximum atomic E-state index is 11.9. The highest BCUT2D eigenvalue weighted by molar-refractivity contribution is 5.94. The lowest BCUT2D eigenvalue weighted by Crippen LogP contribution is -2.42. The minimum Gasteiger partial charge on any atom is -0.462 e. The summed E-state index contributed by atoms with van der Waals surface area (Å²) in [6, 6.07) is 4.40. The van der Waals surface area contributed by atoms with Crippen LogP contribution < -0.4 is 5.32 Å². The Morgan fingerprint density at radius 2 is 2.40 bits per heavy atom. The van der Waals surface area contributed by atoms with Crippen molar-refractivity contribution >= 4 is 11.8 Å². The number of anilines is 1. The first-order valence-electron chi connectivity index (χ1n) is 7.20. The predicted molar refractivity (Wildman–Crippen MR) is 78.9 cm³/mol. The van der Waals surface area contributed by atoms with Crippen LogP contribution in [0, 0.1) is 0 Å². The third-order valence-corrected chi connectivity index (χ3v) is 3.85. The maximum Gasteiger partial charge on any atom is 0.341 e. The first-order valence-corrected chi connectivity index (χ1v) is 7.20. The van der Waals surface area contributed by atoms with Crippen molar-refractivity contribution in [2.45, 2.75) is 38.8 Å².